The number of ether oxygens (including phenoxy) is 2. The maximum absolute atomic E-state index is 12.8. The van der Waals surface area contributed by atoms with Crippen molar-refractivity contribution < 1.29 is 14.3 Å². The average Bonchev–Trinajstić information content (AvgIpc) is 2.68. The smallest absolute Gasteiger partial charge is 0.261 e. The molecule has 0 atom stereocenters. The van der Waals surface area contributed by atoms with Crippen LogP contribution in [0.2, 0.25) is 0 Å². The van der Waals surface area contributed by atoms with Crippen LogP contribution < -0.4 is 20.1 Å². The molecule has 0 radical (unpaired) electrons. The molecule has 27 heavy (non-hydrogen) atoms. The summed E-state index contributed by atoms with van der Waals surface area (Å²) in [6, 6.07) is 16.8. The summed E-state index contributed by atoms with van der Waals surface area (Å²) >= 11 is 8.81. The molecule has 0 aliphatic heterocycles. The van der Waals surface area contributed by atoms with Crippen LogP contribution in [0.1, 0.15) is 10.4 Å². The minimum Gasteiger partial charge on any atom is -0.495 e. The van der Waals surface area contributed by atoms with Crippen LogP contribution in [-0.4, -0.2) is 25.2 Å². The van der Waals surface area contributed by atoms with Gasteiger partial charge in [-0.1, -0.05) is 36.4 Å². The Bertz CT molecular complexity index is 1020. The summed E-state index contributed by atoms with van der Waals surface area (Å²) in [4.78, 5) is 12.8. The van der Waals surface area contributed by atoms with Crippen molar-refractivity contribution in [1.82, 2.24) is 5.32 Å². The molecule has 3 rings (SSSR count). The average molecular weight is 445 g/mol. The molecule has 0 bridgehead atoms. The van der Waals surface area contributed by atoms with E-state index in [-0.39, 0.29) is 11.0 Å². The van der Waals surface area contributed by atoms with Crippen LogP contribution in [-0.2, 0) is 0 Å². The number of rotatable bonds is 4. The van der Waals surface area contributed by atoms with Crippen molar-refractivity contribution in [3.05, 3.63) is 64.6 Å². The molecule has 0 unspecified atom stereocenters. The van der Waals surface area contributed by atoms with Gasteiger partial charge in [-0.2, -0.15) is 0 Å². The lowest BCUT2D eigenvalue weighted by molar-refractivity contribution is 0.0975. The van der Waals surface area contributed by atoms with E-state index in [9.17, 15) is 4.79 Å². The Morgan fingerprint density at radius 3 is 2.48 bits per heavy atom. The van der Waals surface area contributed by atoms with Crippen molar-refractivity contribution in [3.63, 3.8) is 0 Å². The zero-order valence-electron chi connectivity index (χ0n) is 14.7. The number of nitrogens with one attached hydrogen (secondary N) is 2. The molecule has 1 amide bonds. The standard InChI is InChI=1S/C20H17BrN2O3S/c1-25-16-10-6-5-9-15(16)22-20(27)23-19(24)14-11-12-7-3-4-8-13(12)17(21)18(14)26-2/h3-11H,1-2H3,(H2,22,23,24,27). The maximum atomic E-state index is 12.8. The highest BCUT2D eigenvalue weighted by atomic mass is 79.9. The third kappa shape index (κ3) is 4.04. The Labute approximate surface area is 170 Å². The van der Waals surface area contributed by atoms with E-state index in [2.05, 4.69) is 26.6 Å². The number of hydrogen-bond acceptors (Lipinski definition) is 4. The number of amides is 1. The van der Waals surface area contributed by atoms with E-state index in [1.807, 2.05) is 42.5 Å². The number of benzene rings is 3. The summed E-state index contributed by atoms with van der Waals surface area (Å²) in [5.41, 5.74) is 1.05. The summed E-state index contributed by atoms with van der Waals surface area (Å²) in [5.74, 6) is 0.706. The number of para-hydroxylation sites is 2. The second-order valence-electron chi connectivity index (χ2n) is 5.60. The predicted molar refractivity (Wildman–Crippen MR) is 115 cm³/mol. The van der Waals surface area contributed by atoms with E-state index in [0.717, 1.165) is 15.2 Å². The van der Waals surface area contributed by atoms with Crippen molar-refractivity contribution in [1.29, 1.82) is 0 Å². The van der Waals surface area contributed by atoms with Crippen molar-refractivity contribution >= 4 is 55.6 Å². The summed E-state index contributed by atoms with van der Waals surface area (Å²) in [7, 11) is 3.09. The third-order valence-corrected chi connectivity index (χ3v) is 4.96. The highest BCUT2D eigenvalue weighted by Crippen LogP contribution is 2.36. The van der Waals surface area contributed by atoms with E-state index in [4.69, 9.17) is 21.7 Å². The number of halogens is 1. The van der Waals surface area contributed by atoms with Crippen LogP contribution in [0.4, 0.5) is 5.69 Å². The van der Waals surface area contributed by atoms with Gasteiger partial charge in [0.25, 0.3) is 5.91 Å². The number of fused-ring (bicyclic) bond motifs is 1. The van der Waals surface area contributed by atoms with Gasteiger partial charge in [-0.05, 0) is 57.1 Å². The van der Waals surface area contributed by atoms with Gasteiger partial charge in [-0.15, -0.1) is 0 Å². The van der Waals surface area contributed by atoms with Crippen LogP contribution in [0.25, 0.3) is 10.8 Å². The highest BCUT2D eigenvalue weighted by molar-refractivity contribution is 9.10. The molecule has 0 aliphatic carbocycles. The molecular formula is C20H17BrN2O3S. The number of thiocarbonyl (C=S) groups is 1. The van der Waals surface area contributed by atoms with Gasteiger partial charge < -0.3 is 14.8 Å². The molecule has 0 saturated carbocycles. The minimum atomic E-state index is -0.370. The summed E-state index contributed by atoms with van der Waals surface area (Å²) in [5, 5.41) is 7.70. The van der Waals surface area contributed by atoms with E-state index < -0.39 is 0 Å². The Morgan fingerprint density at radius 2 is 1.74 bits per heavy atom. The van der Waals surface area contributed by atoms with Gasteiger partial charge in [0.05, 0.1) is 29.9 Å². The Kier molecular flexibility index (Phi) is 5.93. The Morgan fingerprint density at radius 1 is 1.04 bits per heavy atom. The van der Waals surface area contributed by atoms with Gasteiger partial charge in [0, 0.05) is 0 Å². The first kappa shape index (κ1) is 19.1. The van der Waals surface area contributed by atoms with E-state index in [1.54, 1.807) is 19.2 Å². The lowest BCUT2D eigenvalue weighted by atomic mass is 10.1. The molecular weight excluding hydrogens is 428 g/mol. The number of hydrogen-bond donors (Lipinski definition) is 2. The van der Waals surface area contributed by atoms with E-state index in [0.29, 0.717) is 22.7 Å². The van der Waals surface area contributed by atoms with Crippen LogP contribution in [0, 0.1) is 0 Å². The maximum Gasteiger partial charge on any atom is 0.261 e. The zero-order chi connectivity index (χ0) is 19.4. The number of carbonyl (C=O) groups is 1. The Balaban J connectivity index is 1.86. The van der Waals surface area contributed by atoms with E-state index in [1.165, 1.54) is 7.11 Å². The van der Waals surface area contributed by atoms with Crippen LogP contribution >= 0.6 is 28.1 Å². The fraction of sp³-hybridized carbons (Fsp3) is 0.100. The molecule has 7 heteroatoms. The van der Waals surface area contributed by atoms with Crippen molar-refractivity contribution in [2.24, 2.45) is 0 Å². The van der Waals surface area contributed by atoms with Crippen LogP contribution in [0.3, 0.4) is 0 Å². The van der Waals surface area contributed by atoms with Crippen molar-refractivity contribution in [2.45, 2.75) is 0 Å². The van der Waals surface area contributed by atoms with Crippen molar-refractivity contribution in [2.75, 3.05) is 19.5 Å². The normalized spacial score (nSPS) is 10.3. The molecule has 0 saturated heterocycles. The highest BCUT2D eigenvalue weighted by Gasteiger charge is 2.19. The van der Waals surface area contributed by atoms with Gasteiger partial charge in [0.2, 0.25) is 0 Å². The van der Waals surface area contributed by atoms with Gasteiger partial charge in [-0.25, -0.2) is 0 Å². The first-order valence-corrected chi connectivity index (χ1v) is 9.26. The van der Waals surface area contributed by atoms with Gasteiger partial charge in [0.1, 0.15) is 11.5 Å². The third-order valence-electron chi connectivity index (χ3n) is 3.97. The van der Waals surface area contributed by atoms with Crippen LogP contribution in [0.5, 0.6) is 11.5 Å². The molecule has 3 aromatic carbocycles. The summed E-state index contributed by atoms with van der Waals surface area (Å²) in [6.45, 7) is 0. The summed E-state index contributed by atoms with van der Waals surface area (Å²) in [6.07, 6.45) is 0. The molecule has 0 aliphatic rings. The predicted octanol–water partition coefficient (Wildman–Crippen LogP) is 4.75. The molecule has 5 nitrogen and oxygen atoms in total. The second-order valence-corrected chi connectivity index (χ2v) is 6.80. The molecule has 0 spiro atoms. The lowest BCUT2D eigenvalue weighted by Gasteiger charge is -2.15. The lowest BCUT2D eigenvalue weighted by Crippen LogP contribution is -2.34. The second kappa shape index (κ2) is 8.37. The molecule has 0 aromatic heterocycles. The molecule has 2 N–H and O–H groups in total. The number of carbonyl (C=O) groups excluding carboxylic acids is 1. The molecule has 0 fully saturated rings. The van der Waals surface area contributed by atoms with Crippen LogP contribution in [0.15, 0.2) is 59.1 Å². The number of anilines is 1. The van der Waals surface area contributed by atoms with E-state index >= 15 is 0 Å². The number of methoxy groups -OCH3 is 2. The first-order valence-electron chi connectivity index (χ1n) is 8.05. The molecule has 138 valence electrons. The van der Waals surface area contributed by atoms with Crippen molar-refractivity contribution in [3.8, 4) is 11.5 Å². The molecule has 3 aromatic rings. The fourth-order valence-electron chi connectivity index (χ4n) is 2.72. The quantitative estimate of drug-likeness (QED) is 0.568. The first-order chi connectivity index (χ1) is 13.0. The van der Waals surface area contributed by atoms with Gasteiger partial charge >= 0.3 is 0 Å². The Hall–Kier alpha value is -2.64. The zero-order valence-corrected chi connectivity index (χ0v) is 17.1. The van der Waals surface area contributed by atoms with Gasteiger partial charge in [-0.3, -0.25) is 10.1 Å². The monoisotopic (exact) mass is 444 g/mol. The topological polar surface area (TPSA) is 59.6 Å². The fourth-order valence-corrected chi connectivity index (χ4v) is 3.66. The minimum absolute atomic E-state index is 0.163. The largest absolute Gasteiger partial charge is 0.495 e. The SMILES string of the molecule is COc1ccccc1NC(=S)NC(=O)c1cc2ccccc2c(Br)c1OC. The van der Waals surface area contributed by atoms with Gasteiger partial charge in [0.15, 0.2) is 5.11 Å². The molecule has 0 heterocycles. The summed E-state index contributed by atoms with van der Waals surface area (Å²) < 4.78 is 11.4.